The van der Waals surface area contributed by atoms with E-state index in [-0.39, 0.29) is 5.78 Å². The van der Waals surface area contributed by atoms with Gasteiger partial charge in [0.15, 0.2) is 5.78 Å². The summed E-state index contributed by atoms with van der Waals surface area (Å²) in [7, 11) is 1.54. The lowest BCUT2D eigenvalue weighted by Crippen LogP contribution is -2.02. The van der Waals surface area contributed by atoms with Crippen molar-refractivity contribution in [3.63, 3.8) is 0 Å². The average molecular weight is 253 g/mol. The van der Waals surface area contributed by atoms with Gasteiger partial charge in [0.1, 0.15) is 5.75 Å². The minimum Gasteiger partial charge on any atom is -0.495 e. The quantitative estimate of drug-likeness (QED) is 0.670. The molecule has 5 nitrogen and oxygen atoms in total. The monoisotopic (exact) mass is 253 g/mol. The van der Waals surface area contributed by atoms with Gasteiger partial charge in [-0.1, -0.05) is 6.07 Å². The summed E-state index contributed by atoms with van der Waals surface area (Å²) in [5.74, 6) is 0.440. The first kappa shape index (κ1) is 11.4. The predicted octanol–water partition coefficient (Wildman–Crippen LogP) is 1.97. The van der Waals surface area contributed by atoms with E-state index in [9.17, 15) is 4.79 Å². The maximum atomic E-state index is 12.4. The number of hydrogen-bond donors (Lipinski definition) is 0. The molecule has 3 aromatic heterocycles. The lowest BCUT2D eigenvalue weighted by Gasteiger charge is -2.02. The van der Waals surface area contributed by atoms with Crippen LogP contribution in [0.2, 0.25) is 0 Å². The van der Waals surface area contributed by atoms with Crippen molar-refractivity contribution in [2.45, 2.75) is 0 Å². The lowest BCUT2D eigenvalue weighted by molar-refractivity contribution is 0.103. The summed E-state index contributed by atoms with van der Waals surface area (Å²) in [6, 6.07) is 7.26. The van der Waals surface area contributed by atoms with Gasteiger partial charge < -0.3 is 4.74 Å². The molecule has 0 bridgehead atoms. The molecule has 0 aliphatic heterocycles. The van der Waals surface area contributed by atoms with Gasteiger partial charge in [-0.15, -0.1) is 0 Å². The van der Waals surface area contributed by atoms with E-state index in [0.29, 0.717) is 16.9 Å². The number of nitrogens with zero attached hydrogens (tertiary/aromatic N) is 3. The zero-order chi connectivity index (χ0) is 13.2. The van der Waals surface area contributed by atoms with Gasteiger partial charge in [0.05, 0.1) is 30.6 Å². The van der Waals surface area contributed by atoms with Gasteiger partial charge in [0, 0.05) is 18.0 Å². The summed E-state index contributed by atoms with van der Waals surface area (Å²) >= 11 is 0. The minimum atomic E-state index is -0.118. The molecule has 0 aliphatic carbocycles. The zero-order valence-corrected chi connectivity index (χ0v) is 10.3. The van der Waals surface area contributed by atoms with E-state index >= 15 is 0 Å². The first-order valence-electron chi connectivity index (χ1n) is 5.75. The van der Waals surface area contributed by atoms with Crippen LogP contribution in [0.1, 0.15) is 15.9 Å². The molecule has 0 spiro atoms. The smallest absolute Gasteiger partial charge is 0.198 e. The van der Waals surface area contributed by atoms with Gasteiger partial charge in [-0.2, -0.15) is 5.10 Å². The van der Waals surface area contributed by atoms with Gasteiger partial charge in [-0.05, 0) is 18.2 Å². The Morgan fingerprint density at radius 3 is 3.00 bits per heavy atom. The minimum absolute atomic E-state index is 0.118. The average Bonchev–Trinajstić information content (AvgIpc) is 2.90. The first-order chi connectivity index (χ1) is 9.29. The van der Waals surface area contributed by atoms with Gasteiger partial charge in [-0.3, -0.25) is 9.78 Å². The molecule has 0 aromatic carbocycles. The number of carbonyl (C=O) groups is 1. The fourth-order valence-electron chi connectivity index (χ4n) is 1.92. The maximum Gasteiger partial charge on any atom is 0.198 e. The van der Waals surface area contributed by atoms with E-state index in [1.807, 2.05) is 18.2 Å². The molecule has 5 heteroatoms. The van der Waals surface area contributed by atoms with E-state index in [1.54, 1.807) is 36.3 Å². The second-order valence-corrected chi connectivity index (χ2v) is 4.03. The summed E-state index contributed by atoms with van der Waals surface area (Å²) in [4.78, 5) is 16.4. The number of ketones is 1. The van der Waals surface area contributed by atoms with Crippen molar-refractivity contribution >= 4 is 11.3 Å². The van der Waals surface area contributed by atoms with Crippen molar-refractivity contribution in [3.05, 3.63) is 60.2 Å². The summed E-state index contributed by atoms with van der Waals surface area (Å²) in [5, 5.41) is 4.15. The predicted molar refractivity (Wildman–Crippen MR) is 69.4 cm³/mol. The molecule has 0 saturated heterocycles. The third kappa shape index (κ3) is 1.95. The van der Waals surface area contributed by atoms with Crippen LogP contribution in [-0.2, 0) is 0 Å². The van der Waals surface area contributed by atoms with Crippen LogP contribution in [0.25, 0.3) is 5.52 Å². The van der Waals surface area contributed by atoms with Crippen LogP contribution in [0.15, 0.2) is 49.1 Å². The fourth-order valence-corrected chi connectivity index (χ4v) is 1.92. The Labute approximate surface area is 109 Å². The van der Waals surface area contributed by atoms with Crippen molar-refractivity contribution in [2.24, 2.45) is 0 Å². The molecule has 0 radical (unpaired) electrons. The lowest BCUT2D eigenvalue weighted by atomic mass is 10.1. The van der Waals surface area contributed by atoms with Gasteiger partial charge in [0.25, 0.3) is 0 Å². The third-order valence-electron chi connectivity index (χ3n) is 2.88. The van der Waals surface area contributed by atoms with Crippen LogP contribution >= 0.6 is 0 Å². The normalized spacial score (nSPS) is 10.6. The molecule has 0 atom stereocenters. The Kier molecular flexibility index (Phi) is 2.72. The van der Waals surface area contributed by atoms with E-state index in [4.69, 9.17) is 4.74 Å². The molecular formula is C14H11N3O2. The number of rotatable bonds is 3. The van der Waals surface area contributed by atoms with Crippen molar-refractivity contribution in [3.8, 4) is 5.75 Å². The molecule has 0 fully saturated rings. The Bertz CT molecular complexity index is 749. The molecule has 0 aliphatic rings. The fraction of sp³-hybridized carbons (Fsp3) is 0.0714. The Morgan fingerprint density at radius 2 is 2.16 bits per heavy atom. The number of aromatic nitrogens is 3. The molecule has 3 rings (SSSR count). The zero-order valence-electron chi connectivity index (χ0n) is 10.3. The molecule has 3 aromatic rings. The highest BCUT2D eigenvalue weighted by Crippen LogP contribution is 2.17. The number of pyridine rings is 2. The van der Waals surface area contributed by atoms with Crippen LogP contribution in [-0.4, -0.2) is 27.5 Å². The SMILES string of the molecule is COc1cncc(C(=O)c2cnn3ccccc23)c1. The summed E-state index contributed by atoms with van der Waals surface area (Å²) in [5.41, 5.74) is 1.81. The topological polar surface area (TPSA) is 56.5 Å². The van der Waals surface area contributed by atoms with Crippen molar-refractivity contribution in [2.75, 3.05) is 7.11 Å². The number of methoxy groups -OCH3 is 1. The van der Waals surface area contributed by atoms with Crippen molar-refractivity contribution in [1.82, 2.24) is 14.6 Å². The number of hydrogen-bond acceptors (Lipinski definition) is 4. The van der Waals surface area contributed by atoms with E-state index in [0.717, 1.165) is 5.52 Å². The Hall–Kier alpha value is -2.69. The van der Waals surface area contributed by atoms with Crippen LogP contribution in [0, 0.1) is 0 Å². The molecule has 0 N–H and O–H groups in total. The molecule has 0 saturated carbocycles. The summed E-state index contributed by atoms with van der Waals surface area (Å²) in [6.07, 6.45) is 6.46. The van der Waals surface area contributed by atoms with E-state index in [1.165, 1.54) is 6.20 Å². The second-order valence-electron chi connectivity index (χ2n) is 4.03. The first-order valence-corrected chi connectivity index (χ1v) is 5.75. The molecule has 0 unspecified atom stereocenters. The summed E-state index contributed by atoms with van der Waals surface area (Å²) in [6.45, 7) is 0. The van der Waals surface area contributed by atoms with Crippen LogP contribution in [0.3, 0.4) is 0 Å². The Morgan fingerprint density at radius 1 is 1.26 bits per heavy atom. The standard InChI is InChI=1S/C14H11N3O2/c1-19-11-6-10(7-15-8-11)14(18)12-9-16-17-5-3-2-4-13(12)17/h2-9H,1H3. The maximum absolute atomic E-state index is 12.4. The molecule has 94 valence electrons. The number of carbonyl (C=O) groups excluding carboxylic acids is 1. The highest BCUT2D eigenvalue weighted by Gasteiger charge is 2.15. The highest BCUT2D eigenvalue weighted by atomic mass is 16.5. The largest absolute Gasteiger partial charge is 0.495 e. The Balaban J connectivity index is 2.08. The van der Waals surface area contributed by atoms with Crippen LogP contribution in [0.5, 0.6) is 5.75 Å². The van der Waals surface area contributed by atoms with E-state index in [2.05, 4.69) is 10.1 Å². The van der Waals surface area contributed by atoms with Gasteiger partial charge in [-0.25, -0.2) is 4.52 Å². The molecular weight excluding hydrogens is 242 g/mol. The van der Waals surface area contributed by atoms with Crippen LogP contribution < -0.4 is 4.74 Å². The van der Waals surface area contributed by atoms with Gasteiger partial charge in [0.2, 0.25) is 0 Å². The van der Waals surface area contributed by atoms with Crippen molar-refractivity contribution in [1.29, 1.82) is 0 Å². The molecule has 0 amide bonds. The van der Waals surface area contributed by atoms with Crippen molar-refractivity contribution < 1.29 is 9.53 Å². The second kappa shape index (κ2) is 4.53. The number of ether oxygens (including phenoxy) is 1. The highest BCUT2D eigenvalue weighted by molar-refractivity contribution is 6.12. The van der Waals surface area contributed by atoms with Crippen LogP contribution in [0.4, 0.5) is 0 Å². The molecule has 3 heterocycles. The van der Waals surface area contributed by atoms with Gasteiger partial charge >= 0.3 is 0 Å². The van der Waals surface area contributed by atoms with E-state index < -0.39 is 0 Å². The number of fused-ring (bicyclic) bond motifs is 1. The molecule has 19 heavy (non-hydrogen) atoms. The third-order valence-corrected chi connectivity index (χ3v) is 2.88. The summed E-state index contributed by atoms with van der Waals surface area (Å²) < 4.78 is 6.74.